The van der Waals surface area contributed by atoms with Gasteiger partial charge in [-0.05, 0) is 50.2 Å². The molecule has 4 aromatic rings. The van der Waals surface area contributed by atoms with Crippen molar-refractivity contribution >= 4 is 28.3 Å². The Morgan fingerprint density at radius 1 is 0.941 bits per heavy atom. The van der Waals surface area contributed by atoms with Crippen molar-refractivity contribution in [3.8, 4) is 11.3 Å². The van der Waals surface area contributed by atoms with Gasteiger partial charge in [0.1, 0.15) is 11.5 Å². The van der Waals surface area contributed by atoms with Crippen LogP contribution in [0.15, 0.2) is 72.9 Å². The summed E-state index contributed by atoms with van der Waals surface area (Å²) >= 11 is 0. The Labute approximate surface area is 199 Å². The molecule has 34 heavy (non-hydrogen) atoms. The first-order chi connectivity index (χ1) is 16.7. The standard InChI is InChI=1S/C17H19N5.C10H11NO/c1-21-8-10-22(11-9-21)16-7-6-13(12-18-16)17-14-4-2-3-5-15(14)19-20-17;12-10(8-6-7-8)11-9-4-2-1-3-5-9/h2-7,12H,8-11H2,1H3,(H,19,20);1-5,8H,6-7H2,(H,11,12). The molecule has 2 aromatic heterocycles. The number of carbonyl (C=O) groups is 1. The van der Waals surface area contributed by atoms with Crippen LogP contribution in [0.2, 0.25) is 0 Å². The van der Waals surface area contributed by atoms with Gasteiger partial charge in [0.25, 0.3) is 0 Å². The quantitative estimate of drug-likeness (QED) is 0.478. The fourth-order valence-electron chi connectivity index (χ4n) is 4.04. The van der Waals surface area contributed by atoms with Gasteiger partial charge in [-0.1, -0.05) is 36.4 Å². The predicted molar refractivity (Wildman–Crippen MR) is 137 cm³/mol. The van der Waals surface area contributed by atoms with E-state index in [0.717, 1.165) is 72.7 Å². The Balaban J connectivity index is 0.000000169. The van der Waals surface area contributed by atoms with Crippen LogP contribution >= 0.6 is 0 Å². The highest BCUT2D eigenvalue weighted by atomic mass is 16.2. The van der Waals surface area contributed by atoms with E-state index in [-0.39, 0.29) is 11.8 Å². The number of anilines is 2. The number of hydrogen-bond acceptors (Lipinski definition) is 5. The minimum absolute atomic E-state index is 0.168. The first-order valence-corrected chi connectivity index (χ1v) is 11.9. The molecule has 2 aliphatic rings. The largest absolute Gasteiger partial charge is 0.354 e. The minimum Gasteiger partial charge on any atom is -0.354 e. The van der Waals surface area contributed by atoms with Crippen LogP contribution < -0.4 is 10.2 Å². The maximum atomic E-state index is 11.3. The van der Waals surface area contributed by atoms with Crippen molar-refractivity contribution in [2.24, 2.45) is 5.92 Å². The van der Waals surface area contributed by atoms with E-state index >= 15 is 0 Å². The summed E-state index contributed by atoms with van der Waals surface area (Å²) in [7, 11) is 2.16. The summed E-state index contributed by atoms with van der Waals surface area (Å²) in [4.78, 5) is 20.6. The van der Waals surface area contributed by atoms with Crippen molar-refractivity contribution in [2.75, 3.05) is 43.4 Å². The Morgan fingerprint density at radius 3 is 2.38 bits per heavy atom. The van der Waals surface area contributed by atoms with Crippen molar-refractivity contribution in [1.29, 1.82) is 0 Å². The first kappa shape index (κ1) is 22.1. The van der Waals surface area contributed by atoms with Crippen LogP contribution in [0, 0.1) is 5.92 Å². The Morgan fingerprint density at radius 2 is 1.68 bits per heavy atom. The molecule has 174 valence electrons. The van der Waals surface area contributed by atoms with Gasteiger partial charge in [-0.3, -0.25) is 9.89 Å². The number of para-hydroxylation sites is 2. The number of H-pyrrole nitrogens is 1. The lowest BCUT2D eigenvalue weighted by atomic mass is 10.1. The number of amides is 1. The Bertz CT molecular complexity index is 1220. The third-order valence-electron chi connectivity index (χ3n) is 6.31. The summed E-state index contributed by atoms with van der Waals surface area (Å²) in [6.45, 7) is 4.25. The summed E-state index contributed by atoms with van der Waals surface area (Å²) in [5.41, 5.74) is 3.97. The van der Waals surface area contributed by atoms with Gasteiger partial charge in [0.15, 0.2) is 0 Å². The maximum absolute atomic E-state index is 11.3. The van der Waals surface area contributed by atoms with Crippen molar-refractivity contribution < 1.29 is 4.79 Å². The van der Waals surface area contributed by atoms with Crippen molar-refractivity contribution in [3.63, 3.8) is 0 Å². The van der Waals surface area contributed by atoms with Gasteiger partial charge in [0.2, 0.25) is 5.91 Å². The lowest BCUT2D eigenvalue weighted by Crippen LogP contribution is -2.44. The van der Waals surface area contributed by atoms with Crippen molar-refractivity contribution in [2.45, 2.75) is 12.8 Å². The van der Waals surface area contributed by atoms with Crippen LogP contribution in [0.25, 0.3) is 22.2 Å². The van der Waals surface area contributed by atoms with E-state index in [0.29, 0.717) is 0 Å². The molecule has 1 saturated carbocycles. The lowest BCUT2D eigenvalue weighted by Gasteiger charge is -2.33. The van der Waals surface area contributed by atoms with E-state index in [4.69, 9.17) is 0 Å². The van der Waals surface area contributed by atoms with E-state index < -0.39 is 0 Å². The van der Waals surface area contributed by atoms with Gasteiger partial charge in [-0.15, -0.1) is 0 Å². The Hall–Kier alpha value is -3.71. The first-order valence-electron chi connectivity index (χ1n) is 11.9. The SMILES string of the molecule is CN1CCN(c2ccc(-c3n[nH]c4ccccc34)cn2)CC1.O=C(Nc1ccccc1)C1CC1. The van der Waals surface area contributed by atoms with Crippen LogP contribution in [0.4, 0.5) is 11.5 Å². The van der Waals surface area contributed by atoms with Gasteiger partial charge in [0, 0.05) is 54.9 Å². The molecule has 0 unspecified atom stereocenters. The number of aromatic nitrogens is 3. The molecule has 2 N–H and O–H groups in total. The van der Waals surface area contributed by atoms with E-state index in [9.17, 15) is 4.79 Å². The van der Waals surface area contributed by atoms with Crippen LogP contribution in [0.1, 0.15) is 12.8 Å². The van der Waals surface area contributed by atoms with Gasteiger partial charge < -0.3 is 15.1 Å². The molecule has 1 saturated heterocycles. The fraction of sp³-hybridized carbons (Fsp3) is 0.296. The zero-order chi connectivity index (χ0) is 23.3. The third kappa shape index (κ3) is 5.26. The average molecular weight is 455 g/mol. The van der Waals surface area contributed by atoms with E-state index in [2.05, 4.69) is 55.5 Å². The number of pyridine rings is 1. The maximum Gasteiger partial charge on any atom is 0.227 e. The molecule has 0 radical (unpaired) electrons. The number of fused-ring (bicyclic) bond motifs is 1. The number of piperazine rings is 1. The highest BCUT2D eigenvalue weighted by Crippen LogP contribution is 2.30. The normalized spacial score (nSPS) is 16.1. The zero-order valence-electron chi connectivity index (χ0n) is 19.4. The second-order valence-corrected chi connectivity index (χ2v) is 8.94. The van der Waals surface area contributed by atoms with Gasteiger partial charge in [-0.2, -0.15) is 5.10 Å². The molecule has 1 aliphatic heterocycles. The highest BCUT2D eigenvalue weighted by molar-refractivity contribution is 5.94. The molecule has 2 fully saturated rings. The predicted octanol–water partition coefficient (Wildman–Crippen LogP) is 4.41. The average Bonchev–Trinajstić information content (AvgIpc) is 3.65. The van der Waals surface area contributed by atoms with Crippen molar-refractivity contribution in [3.05, 3.63) is 72.9 Å². The number of aromatic amines is 1. The molecule has 3 heterocycles. The number of likely N-dealkylation sites (N-methyl/N-ethyl adjacent to an activating group) is 1. The number of rotatable bonds is 4. The monoisotopic (exact) mass is 454 g/mol. The molecule has 0 atom stereocenters. The van der Waals surface area contributed by atoms with Crippen LogP contribution in [-0.2, 0) is 4.79 Å². The lowest BCUT2D eigenvalue weighted by molar-refractivity contribution is -0.117. The summed E-state index contributed by atoms with van der Waals surface area (Å²) in [6.07, 6.45) is 4.04. The molecule has 1 aliphatic carbocycles. The zero-order valence-corrected chi connectivity index (χ0v) is 19.4. The molecule has 0 bridgehead atoms. The highest BCUT2D eigenvalue weighted by Gasteiger charge is 2.29. The number of benzene rings is 2. The summed E-state index contributed by atoms with van der Waals surface area (Å²) in [6, 6.07) is 22.0. The molecular formula is C27H30N6O. The Kier molecular flexibility index (Phi) is 6.53. The summed E-state index contributed by atoms with van der Waals surface area (Å²) < 4.78 is 0. The van der Waals surface area contributed by atoms with Gasteiger partial charge >= 0.3 is 0 Å². The fourth-order valence-corrected chi connectivity index (χ4v) is 4.04. The number of nitrogens with one attached hydrogen (secondary N) is 2. The summed E-state index contributed by atoms with van der Waals surface area (Å²) in [5.74, 6) is 1.50. The third-order valence-corrected chi connectivity index (χ3v) is 6.31. The molecule has 2 aromatic carbocycles. The number of carbonyl (C=O) groups excluding carboxylic acids is 1. The molecule has 6 rings (SSSR count). The molecular weight excluding hydrogens is 424 g/mol. The van der Waals surface area contributed by atoms with E-state index in [1.807, 2.05) is 54.7 Å². The second-order valence-electron chi connectivity index (χ2n) is 8.94. The topological polar surface area (TPSA) is 77.2 Å². The van der Waals surface area contributed by atoms with Crippen molar-refractivity contribution in [1.82, 2.24) is 20.1 Å². The molecule has 7 nitrogen and oxygen atoms in total. The summed E-state index contributed by atoms with van der Waals surface area (Å²) in [5, 5.41) is 11.5. The number of nitrogens with zero attached hydrogens (tertiary/aromatic N) is 4. The van der Waals surface area contributed by atoms with Crippen LogP contribution in [0.5, 0.6) is 0 Å². The van der Waals surface area contributed by atoms with E-state index in [1.54, 1.807) is 0 Å². The number of hydrogen-bond donors (Lipinski definition) is 2. The van der Waals surface area contributed by atoms with E-state index in [1.165, 1.54) is 0 Å². The smallest absolute Gasteiger partial charge is 0.227 e. The second kappa shape index (κ2) is 10.1. The molecule has 0 spiro atoms. The van der Waals surface area contributed by atoms with Gasteiger partial charge in [0.05, 0.1) is 5.52 Å². The van der Waals surface area contributed by atoms with Gasteiger partial charge in [-0.25, -0.2) is 4.98 Å². The molecule has 1 amide bonds. The van der Waals surface area contributed by atoms with Crippen LogP contribution in [0.3, 0.4) is 0 Å². The minimum atomic E-state index is 0.168. The van der Waals surface area contributed by atoms with Crippen LogP contribution in [-0.4, -0.2) is 59.2 Å². The molecule has 7 heteroatoms.